The predicted molar refractivity (Wildman–Crippen MR) is 119 cm³/mol. The minimum atomic E-state index is -0.375. The Labute approximate surface area is 170 Å². The van der Waals surface area contributed by atoms with Gasteiger partial charge in [-0.3, -0.25) is 0 Å². The van der Waals surface area contributed by atoms with Gasteiger partial charge in [0.05, 0.1) is 0 Å². The number of benzene rings is 4. The van der Waals surface area contributed by atoms with Crippen LogP contribution in [0, 0.1) is 0 Å². The second-order valence-electron chi connectivity index (χ2n) is 7.68. The van der Waals surface area contributed by atoms with Gasteiger partial charge in [-0.2, -0.15) is 0 Å². The minimum absolute atomic E-state index is 0.375. The normalized spacial score (nSPS) is 13.8. The smallest absolute Gasteiger partial charge is 0.133 e. The lowest BCUT2D eigenvalue weighted by Gasteiger charge is -2.38. The summed E-state index contributed by atoms with van der Waals surface area (Å²) in [5.41, 5.74) is 18.8. The van der Waals surface area contributed by atoms with E-state index in [2.05, 4.69) is 67.6 Å². The molecule has 4 aromatic rings. The molecule has 0 amide bonds. The third-order valence-electron chi connectivity index (χ3n) is 5.88. The van der Waals surface area contributed by atoms with Crippen molar-refractivity contribution in [3.63, 3.8) is 0 Å². The molecule has 4 aromatic carbocycles. The van der Waals surface area contributed by atoms with E-state index >= 15 is 0 Å². The summed E-state index contributed by atoms with van der Waals surface area (Å²) in [7, 11) is 0. The Kier molecular flexibility index (Phi) is 3.85. The van der Waals surface area contributed by atoms with Crippen LogP contribution >= 0.6 is 0 Å². The van der Waals surface area contributed by atoms with E-state index in [0.29, 0.717) is 11.4 Å². The SMILES string of the molecule is CC1(c2ccc(-c3ccccc3)cc2)c2ccc(N)cc2Oc2cc(N)ccc21. The molecule has 0 radical (unpaired) electrons. The quantitative estimate of drug-likeness (QED) is 0.422. The number of nitrogens with two attached hydrogens (primary N) is 2. The Balaban J connectivity index is 1.69. The molecule has 0 fully saturated rings. The largest absolute Gasteiger partial charge is 0.457 e. The molecule has 0 aliphatic carbocycles. The Morgan fingerprint density at radius 1 is 0.621 bits per heavy atom. The summed E-state index contributed by atoms with van der Waals surface area (Å²) in [4.78, 5) is 0. The summed E-state index contributed by atoms with van der Waals surface area (Å²) >= 11 is 0. The fraction of sp³-hybridized carbons (Fsp3) is 0.0769. The zero-order valence-corrected chi connectivity index (χ0v) is 16.2. The molecule has 1 heterocycles. The van der Waals surface area contributed by atoms with Crippen molar-refractivity contribution in [2.45, 2.75) is 12.3 Å². The van der Waals surface area contributed by atoms with Crippen LogP contribution in [-0.2, 0) is 5.41 Å². The molecule has 0 saturated carbocycles. The summed E-state index contributed by atoms with van der Waals surface area (Å²) in [5.74, 6) is 1.55. The van der Waals surface area contributed by atoms with E-state index in [4.69, 9.17) is 16.2 Å². The first-order valence-electron chi connectivity index (χ1n) is 9.69. The van der Waals surface area contributed by atoms with Gasteiger partial charge in [0.1, 0.15) is 11.5 Å². The van der Waals surface area contributed by atoms with Crippen LogP contribution in [0.3, 0.4) is 0 Å². The van der Waals surface area contributed by atoms with Gasteiger partial charge in [-0.15, -0.1) is 0 Å². The molecular weight excluding hydrogens is 356 g/mol. The predicted octanol–water partition coefficient (Wildman–Crippen LogP) is 5.98. The van der Waals surface area contributed by atoms with Gasteiger partial charge in [0.15, 0.2) is 0 Å². The van der Waals surface area contributed by atoms with Gasteiger partial charge in [0.25, 0.3) is 0 Å². The highest BCUT2D eigenvalue weighted by Gasteiger charge is 2.39. The van der Waals surface area contributed by atoms with Gasteiger partial charge in [0.2, 0.25) is 0 Å². The summed E-state index contributed by atoms with van der Waals surface area (Å²) in [6, 6.07) is 30.9. The van der Waals surface area contributed by atoms with Crippen LogP contribution in [0.2, 0.25) is 0 Å². The molecular formula is C26H22N2O. The average molecular weight is 378 g/mol. The van der Waals surface area contributed by atoms with Crippen LogP contribution in [0.5, 0.6) is 11.5 Å². The van der Waals surface area contributed by atoms with E-state index in [1.54, 1.807) is 0 Å². The van der Waals surface area contributed by atoms with Crippen molar-refractivity contribution in [1.82, 2.24) is 0 Å². The number of hydrogen-bond donors (Lipinski definition) is 2. The molecule has 5 rings (SSSR count). The van der Waals surface area contributed by atoms with E-state index < -0.39 is 0 Å². The van der Waals surface area contributed by atoms with Crippen molar-refractivity contribution in [3.8, 4) is 22.6 Å². The molecule has 29 heavy (non-hydrogen) atoms. The fourth-order valence-corrected chi connectivity index (χ4v) is 4.27. The van der Waals surface area contributed by atoms with Gasteiger partial charge >= 0.3 is 0 Å². The molecule has 1 aliphatic rings. The monoisotopic (exact) mass is 378 g/mol. The van der Waals surface area contributed by atoms with Crippen LogP contribution in [0.25, 0.3) is 11.1 Å². The lowest BCUT2D eigenvalue weighted by atomic mass is 9.69. The zero-order valence-electron chi connectivity index (χ0n) is 16.2. The molecule has 1 aliphatic heterocycles. The molecule has 3 nitrogen and oxygen atoms in total. The van der Waals surface area contributed by atoms with Crippen molar-refractivity contribution in [2.75, 3.05) is 11.5 Å². The highest BCUT2D eigenvalue weighted by molar-refractivity contribution is 5.69. The van der Waals surface area contributed by atoms with Gasteiger partial charge in [0, 0.05) is 40.0 Å². The van der Waals surface area contributed by atoms with Crippen molar-refractivity contribution in [3.05, 3.63) is 108 Å². The molecule has 0 bridgehead atoms. The summed E-state index contributed by atoms with van der Waals surface area (Å²) in [5, 5.41) is 0. The molecule has 4 N–H and O–H groups in total. The second kappa shape index (κ2) is 6.42. The number of hydrogen-bond acceptors (Lipinski definition) is 3. The van der Waals surface area contributed by atoms with E-state index in [0.717, 1.165) is 22.6 Å². The van der Waals surface area contributed by atoms with Crippen molar-refractivity contribution < 1.29 is 4.74 Å². The van der Waals surface area contributed by atoms with Crippen molar-refractivity contribution in [1.29, 1.82) is 0 Å². The van der Waals surface area contributed by atoms with Gasteiger partial charge in [-0.25, -0.2) is 0 Å². The fourth-order valence-electron chi connectivity index (χ4n) is 4.27. The Morgan fingerprint density at radius 2 is 1.14 bits per heavy atom. The Morgan fingerprint density at radius 3 is 1.69 bits per heavy atom. The topological polar surface area (TPSA) is 61.3 Å². The maximum Gasteiger partial charge on any atom is 0.133 e. The number of ether oxygens (including phenoxy) is 1. The standard InChI is InChI=1S/C26H22N2O/c1-26(19-9-7-18(8-10-19)17-5-3-2-4-6-17)22-13-11-20(27)15-24(22)29-25-16-21(28)12-14-23(25)26/h2-16H,27-28H2,1H3. The first kappa shape index (κ1) is 17.4. The molecule has 0 atom stereocenters. The number of fused-ring (bicyclic) bond motifs is 2. The zero-order chi connectivity index (χ0) is 20.0. The number of nitrogen functional groups attached to an aromatic ring is 2. The number of rotatable bonds is 2. The summed E-state index contributed by atoms with van der Waals surface area (Å²) in [6.07, 6.45) is 0. The van der Waals surface area contributed by atoms with Crippen LogP contribution in [0.15, 0.2) is 91.0 Å². The minimum Gasteiger partial charge on any atom is -0.457 e. The second-order valence-corrected chi connectivity index (χ2v) is 7.68. The maximum atomic E-state index is 6.19. The molecule has 3 heteroatoms. The van der Waals surface area contributed by atoms with Crippen molar-refractivity contribution in [2.24, 2.45) is 0 Å². The lowest BCUT2D eigenvalue weighted by Crippen LogP contribution is -2.29. The van der Waals surface area contributed by atoms with Gasteiger partial charge in [-0.1, -0.05) is 66.7 Å². The lowest BCUT2D eigenvalue weighted by molar-refractivity contribution is 0.428. The summed E-state index contributed by atoms with van der Waals surface area (Å²) < 4.78 is 6.19. The van der Waals surface area contributed by atoms with Crippen LogP contribution in [0.4, 0.5) is 11.4 Å². The maximum absolute atomic E-state index is 6.19. The molecule has 0 aromatic heterocycles. The molecule has 0 saturated heterocycles. The van der Waals surface area contributed by atoms with Crippen LogP contribution in [0.1, 0.15) is 23.6 Å². The van der Waals surface area contributed by atoms with Crippen LogP contribution in [-0.4, -0.2) is 0 Å². The number of anilines is 2. The van der Waals surface area contributed by atoms with Gasteiger partial charge in [-0.05, 0) is 35.7 Å². The van der Waals surface area contributed by atoms with Crippen LogP contribution < -0.4 is 16.2 Å². The Hall–Kier alpha value is -3.72. The highest BCUT2D eigenvalue weighted by Crippen LogP contribution is 2.52. The van der Waals surface area contributed by atoms with E-state index in [9.17, 15) is 0 Å². The first-order chi connectivity index (χ1) is 14.1. The Bertz CT molecular complexity index is 1150. The van der Waals surface area contributed by atoms with Gasteiger partial charge < -0.3 is 16.2 Å². The third-order valence-corrected chi connectivity index (χ3v) is 5.88. The molecule has 142 valence electrons. The summed E-state index contributed by atoms with van der Waals surface area (Å²) in [6.45, 7) is 2.23. The average Bonchev–Trinajstić information content (AvgIpc) is 2.74. The first-order valence-corrected chi connectivity index (χ1v) is 9.69. The third kappa shape index (κ3) is 2.74. The molecule has 0 unspecified atom stereocenters. The van der Waals surface area contributed by atoms with Crippen molar-refractivity contribution >= 4 is 11.4 Å². The van der Waals surface area contributed by atoms with E-state index in [1.807, 2.05) is 30.3 Å². The van der Waals surface area contributed by atoms with E-state index in [1.165, 1.54) is 16.7 Å². The van der Waals surface area contributed by atoms with E-state index in [-0.39, 0.29) is 5.41 Å². The highest BCUT2D eigenvalue weighted by atomic mass is 16.5. The molecule has 0 spiro atoms.